The van der Waals surface area contributed by atoms with Gasteiger partial charge in [0.25, 0.3) is 5.56 Å². The number of likely N-dealkylation sites (tertiary alicyclic amines) is 1. The minimum Gasteiger partial charge on any atom is -0.335 e. The summed E-state index contributed by atoms with van der Waals surface area (Å²) in [5.41, 5.74) is 1.23. The van der Waals surface area contributed by atoms with Gasteiger partial charge < -0.3 is 4.90 Å². The van der Waals surface area contributed by atoms with Crippen molar-refractivity contribution < 1.29 is 4.79 Å². The first-order chi connectivity index (χ1) is 13.7. The van der Waals surface area contributed by atoms with Gasteiger partial charge in [-0.3, -0.25) is 14.2 Å². The normalized spacial score (nSPS) is 19.3. The molecule has 4 heterocycles. The molecule has 0 spiro atoms. The molecule has 0 N–H and O–H groups in total. The Morgan fingerprint density at radius 1 is 1.25 bits per heavy atom. The van der Waals surface area contributed by atoms with E-state index in [1.54, 1.807) is 33.6 Å². The van der Waals surface area contributed by atoms with Crippen LogP contribution < -0.4 is 5.56 Å². The Morgan fingerprint density at radius 3 is 3.00 bits per heavy atom. The van der Waals surface area contributed by atoms with Crippen LogP contribution in [-0.4, -0.2) is 26.9 Å². The van der Waals surface area contributed by atoms with E-state index in [1.807, 2.05) is 11.0 Å². The lowest BCUT2D eigenvalue weighted by Gasteiger charge is -2.24. The Morgan fingerprint density at radius 2 is 2.14 bits per heavy atom. The van der Waals surface area contributed by atoms with Gasteiger partial charge in [0.2, 0.25) is 5.91 Å². The van der Waals surface area contributed by atoms with Crippen LogP contribution in [0.15, 0.2) is 28.6 Å². The molecule has 1 aliphatic heterocycles. The van der Waals surface area contributed by atoms with E-state index in [9.17, 15) is 9.59 Å². The van der Waals surface area contributed by atoms with Crippen molar-refractivity contribution in [2.75, 3.05) is 6.54 Å². The van der Waals surface area contributed by atoms with Gasteiger partial charge in [0, 0.05) is 29.3 Å². The molecule has 1 saturated heterocycles. The fourth-order valence-electron chi connectivity index (χ4n) is 4.54. The summed E-state index contributed by atoms with van der Waals surface area (Å²) < 4.78 is 1.64. The summed E-state index contributed by atoms with van der Waals surface area (Å²) in [6.45, 7) is 1.21. The van der Waals surface area contributed by atoms with E-state index in [0.717, 1.165) is 48.9 Å². The van der Waals surface area contributed by atoms with Crippen molar-refractivity contribution in [1.82, 2.24) is 14.5 Å². The van der Waals surface area contributed by atoms with Gasteiger partial charge in [0.15, 0.2) is 0 Å². The van der Waals surface area contributed by atoms with Gasteiger partial charge in [-0.15, -0.1) is 22.7 Å². The van der Waals surface area contributed by atoms with Gasteiger partial charge in [0.05, 0.1) is 17.8 Å². The highest BCUT2D eigenvalue weighted by Gasteiger charge is 2.30. The van der Waals surface area contributed by atoms with Crippen LogP contribution in [-0.2, 0) is 24.2 Å². The third-order valence-corrected chi connectivity index (χ3v) is 8.13. The summed E-state index contributed by atoms with van der Waals surface area (Å²) in [7, 11) is 0. The highest BCUT2D eigenvalue weighted by Crippen LogP contribution is 2.35. The number of hydrogen-bond donors (Lipinski definition) is 0. The van der Waals surface area contributed by atoms with E-state index in [-0.39, 0.29) is 17.5 Å². The summed E-state index contributed by atoms with van der Waals surface area (Å²) in [5, 5.41) is 2.87. The van der Waals surface area contributed by atoms with Crippen molar-refractivity contribution in [3.63, 3.8) is 0 Å². The topological polar surface area (TPSA) is 55.2 Å². The molecule has 5 rings (SSSR count). The molecule has 1 aliphatic carbocycles. The van der Waals surface area contributed by atoms with Crippen molar-refractivity contribution in [3.05, 3.63) is 49.5 Å². The second-order valence-corrected chi connectivity index (χ2v) is 9.71. The predicted octanol–water partition coefficient (Wildman–Crippen LogP) is 4.15. The van der Waals surface area contributed by atoms with Crippen LogP contribution in [0.3, 0.4) is 0 Å². The number of thiophene rings is 2. The molecule has 5 nitrogen and oxygen atoms in total. The lowest BCUT2D eigenvalue weighted by atomic mass is 9.97. The van der Waals surface area contributed by atoms with E-state index in [0.29, 0.717) is 13.0 Å². The van der Waals surface area contributed by atoms with E-state index in [4.69, 9.17) is 0 Å². The number of carbonyl (C=O) groups excluding carboxylic acids is 1. The highest BCUT2D eigenvalue weighted by molar-refractivity contribution is 7.18. The Kier molecular flexibility index (Phi) is 4.80. The van der Waals surface area contributed by atoms with Gasteiger partial charge in [-0.1, -0.05) is 6.07 Å². The first kappa shape index (κ1) is 18.1. The average molecular weight is 414 g/mol. The summed E-state index contributed by atoms with van der Waals surface area (Å²) in [6.07, 6.45) is 8.43. The third-order valence-electron chi connectivity index (χ3n) is 5.95. The number of nitrogens with zero attached hydrogens (tertiary/aromatic N) is 3. The molecular weight excluding hydrogens is 390 g/mol. The smallest absolute Gasteiger partial charge is 0.262 e. The maximum absolute atomic E-state index is 13.1. The number of aromatic nitrogens is 2. The van der Waals surface area contributed by atoms with Crippen LogP contribution in [0.1, 0.15) is 53.5 Å². The average Bonchev–Trinajstić information content (AvgIpc) is 3.45. The number of fused-ring (bicyclic) bond motifs is 3. The van der Waals surface area contributed by atoms with Crippen LogP contribution in [0.2, 0.25) is 0 Å². The molecule has 7 heteroatoms. The van der Waals surface area contributed by atoms with E-state index in [1.165, 1.54) is 21.7 Å². The van der Waals surface area contributed by atoms with Gasteiger partial charge >= 0.3 is 0 Å². The van der Waals surface area contributed by atoms with E-state index < -0.39 is 0 Å². The summed E-state index contributed by atoms with van der Waals surface area (Å²) in [5.74, 6) is 0.134. The molecule has 0 bridgehead atoms. The van der Waals surface area contributed by atoms with Crippen LogP contribution in [0.5, 0.6) is 0 Å². The van der Waals surface area contributed by atoms with Crippen molar-refractivity contribution in [1.29, 1.82) is 0 Å². The molecule has 28 heavy (non-hydrogen) atoms. The molecule has 1 fully saturated rings. The van der Waals surface area contributed by atoms with Crippen molar-refractivity contribution >= 4 is 38.8 Å². The molecule has 3 aromatic rings. The molecule has 3 aromatic heterocycles. The number of rotatable bonds is 4. The number of hydrogen-bond acceptors (Lipinski definition) is 5. The molecule has 0 aromatic carbocycles. The van der Waals surface area contributed by atoms with E-state index in [2.05, 4.69) is 16.4 Å². The first-order valence-electron chi connectivity index (χ1n) is 10.0. The lowest BCUT2D eigenvalue weighted by molar-refractivity contribution is -0.132. The molecule has 1 amide bonds. The van der Waals surface area contributed by atoms with Crippen LogP contribution in [0.4, 0.5) is 0 Å². The van der Waals surface area contributed by atoms with Gasteiger partial charge in [-0.05, 0) is 55.5 Å². The zero-order valence-corrected chi connectivity index (χ0v) is 17.4. The highest BCUT2D eigenvalue weighted by atomic mass is 32.1. The molecule has 2 aliphatic rings. The van der Waals surface area contributed by atoms with Crippen LogP contribution >= 0.6 is 22.7 Å². The second-order valence-electron chi connectivity index (χ2n) is 7.64. The fraction of sp³-hybridized carbons (Fsp3) is 0.476. The maximum atomic E-state index is 13.1. The van der Waals surface area contributed by atoms with Crippen LogP contribution in [0.25, 0.3) is 10.2 Å². The Hall–Kier alpha value is -1.99. The van der Waals surface area contributed by atoms with Crippen molar-refractivity contribution in [2.45, 2.75) is 57.5 Å². The standard InChI is InChI=1S/C21H23N3O2S2/c25-18(24-10-3-6-15(24)17-8-4-12-27-17)9-11-23-13-22-20-19(21(23)26)14-5-1-2-7-16(14)28-20/h4,8,12-13,15H,1-3,5-7,9-11H2. The lowest BCUT2D eigenvalue weighted by Crippen LogP contribution is -2.32. The molecular formula is C21H23N3O2S2. The number of carbonyl (C=O) groups is 1. The second kappa shape index (κ2) is 7.44. The summed E-state index contributed by atoms with van der Waals surface area (Å²) >= 11 is 3.38. The SMILES string of the molecule is O=C(CCn1cnc2sc3c(c2c1=O)CCCC3)N1CCCC1c1cccs1. The third kappa shape index (κ3) is 3.10. The van der Waals surface area contributed by atoms with E-state index >= 15 is 0 Å². The largest absolute Gasteiger partial charge is 0.335 e. The minimum atomic E-state index is 0.0217. The van der Waals surface area contributed by atoms with Crippen molar-refractivity contribution in [3.8, 4) is 0 Å². The quantitative estimate of drug-likeness (QED) is 0.646. The number of amides is 1. The first-order valence-corrected chi connectivity index (χ1v) is 11.7. The molecule has 1 unspecified atom stereocenters. The fourth-order valence-corrected chi connectivity index (χ4v) is 6.64. The zero-order chi connectivity index (χ0) is 19.1. The van der Waals surface area contributed by atoms with Gasteiger partial charge in [-0.25, -0.2) is 4.98 Å². The minimum absolute atomic E-state index is 0.0217. The Balaban J connectivity index is 1.35. The Bertz CT molecular complexity index is 1070. The van der Waals surface area contributed by atoms with Crippen LogP contribution in [0, 0.1) is 0 Å². The molecule has 146 valence electrons. The zero-order valence-electron chi connectivity index (χ0n) is 15.7. The van der Waals surface area contributed by atoms with Crippen molar-refractivity contribution in [2.24, 2.45) is 0 Å². The molecule has 1 atom stereocenters. The summed E-state index contributed by atoms with van der Waals surface area (Å²) in [4.78, 5) is 35.9. The van der Waals surface area contributed by atoms with Gasteiger partial charge in [0.1, 0.15) is 4.83 Å². The maximum Gasteiger partial charge on any atom is 0.262 e. The number of aryl methyl sites for hydroxylation is 3. The summed E-state index contributed by atoms with van der Waals surface area (Å²) in [6, 6.07) is 4.36. The monoisotopic (exact) mass is 413 g/mol. The molecule has 0 radical (unpaired) electrons. The van der Waals surface area contributed by atoms with Gasteiger partial charge in [-0.2, -0.15) is 0 Å². The molecule has 0 saturated carbocycles. The predicted molar refractivity (Wildman–Crippen MR) is 113 cm³/mol. The Labute approximate surface area is 171 Å².